The predicted molar refractivity (Wildman–Crippen MR) is 180 cm³/mol. The monoisotopic (exact) mass is 665 g/mol. The smallest absolute Gasteiger partial charge is 0.407 e. The van der Waals surface area contributed by atoms with Crippen molar-refractivity contribution in [2.45, 2.75) is 43.2 Å². The molecule has 246 valence electrons. The summed E-state index contributed by atoms with van der Waals surface area (Å²) in [5.41, 5.74) is 6.31. The van der Waals surface area contributed by atoms with Gasteiger partial charge in [0.1, 0.15) is 12.4 Å². The van der Waals surface area contributed by atoms with E-state index in [4.69, 9.17) is 14.2 Å². The van der Waals surface area contributed by atoms with Gasteiger partial charge >= 0.3 is 6.09 Å². The second-order valence-corrected chi connectivity index (χ2v) is 12.1. The number of hydrogen-bond acceptors (Lipinski definition) is 10. The van der Waals surface area contributed by atoms with Crippen LogP contribution in [-0.4, -0.2) is 55.0 Å². The van der Waals surface area contributed by atoms with E-state index in [2.05, 4.69) is 33.5 Å². The summed E-state index contributed by atoms with van der Waals surface area (Å²) in [5, 5.41) is 34.8. The molecule has 2 heterocycles. The number of aromatic hydroxyl groups is 1. The van der Waals surface area contributed by atoms with Crippen molar-refractivity contribution in [2.24, 2.45) is 0 Å². The van der Waals surface area contributed by atoms with Crippen LogP contribution in [0.25, 0.3) is 16.8 Å². The molecule has 6 rings (SSSR count). The number of aromatic nitrogens is 4. The average Bonchev–Trinajstić information content (AvgIpc) is 3.61. The Labute approximate surface area is 282 Å². The molecule has 0 bridgehead atoms. The molecule has 1 saturated heterocycles. The summed E-state index contributed by atoms with van der Waals surface area (Å²) in [5.74, 6) is 0.726. The molecule has 3 unspecified atom stereocenters. The average molecular weight is 666 g/mol. The van der Waals surface area contributed by atoms with Crippen LogP contribution in [0.15, 0.2) is 115 Å². The van der Waals surface area contributed by atoms with Gasteiger partial charge in [-0.05, 0) is 74.6 Å². The Morgan fingerprint density at radius 2 is 1.75 bits per heavy atom. The van der Waals surface area contributed by atoms with E-state index >= 15 is 0 Å². The van der Waals surface area contributed by atoms with E-state index in [1.54, 1.807) is 28.9 Å². The van der Waals surface area contributed by atoms with Crippen molar-refractivity contribution in [3.8, 4) is 22.6 Å². The highest BCUT2D eigenvalue weighted by Gasteiger charge is 2.33. The van der Waals surface area contributed by atoms with E-state index in [1.807, 2.05) is 66.7 Å². The summed E-state index contributed by atoms with van der Waals surface area (Å²) in [6, 6.07) is 30.4. The number of hydrogen-bond donors (Lipinski definition) is 3. The zero-order valence-corrected chi connectivity index (χ0v) is 26.8. The van der Waals surface area contributed by atoms with Crippen LogP contribution in [0.3, 0.4) is 0 Å². The van der Waals surface area contributed by atoms with Crippen LogP contribution in [0.4, 0.5) is 4.79 Å². The van der Waals surface area contributed by atoms with Crippen molar-refractivity contribution in [3.05, 3.63) is 132 Å². The molecule has 0 aliphatic carbocycles. The number of alkyl carbamates (subject to hydrolysis) is 1. The normalized spacial score (nSPS) is 17.5. The van der Waals surface area contributed by atoms with Gasteiger partial charge in [0.15, 0.2) is 6.29 Å². The van der Waals surface area contributed by atoms with E-state index in [1.165, 1.54) is 17.8 Å². The van der Waals surface area contributed by atoms with Crippen LogP contribution in [0, 0.1) is 0 Å². The molecule has 0 radical (unpaired) electrons. The fourth-order valence-corrected chi connectivity index (χ4v) is 6.21. The molecule has 1 aromatic heterocycles. The lowest BCUT2D eigenvalue weighted by atomic mass is 9.99. The molecule has 3 N–H and O–H groups in total. The Balaban J connectivity index is 1.21. The van der Waals surface area contributed by atoms with Gasteiger partial charge in [0.25, 0.3) is 0 Å². The zero-order chi connectivity index (χ0) is 33.3. The van der Waals surface area contributed by atoms with Crippen LogP contribution >= 0.6 is 11.8 Å². The molecule has 1 aliphatic heterocycles. The highest BCUT2D eigenvalue weighted by Crippen LogP contribution is 2.40. The number of carbonyl (C=O) groups excluding carboxylic acids is 1. The minimum atomic E-state index is -0.649. The number of aliphatic hydroxyl groups is 1. The molecule has 4 aromatic carbocycles. The summed E-state index contributed by atoms with van der Waals surface area (Å²) >= 11 is 1.48. The minimum absolute atomic E-state index is 0.0317. The van der Waals surface area contributed by atoms with Crippen LogP contribution in [-0.2, 0) is 27.4 Å². The number of amides is 1. The van der Waals surface area contributed by atoms with E-state index in [0.717, 1.165) is 39.1 Å². The van der Waals surface area contributed by atoms with Crippen LogP contribution in [0.2, 0.25) is 0 Å². The largest absolute Gasteiger partial charge is 0.508 e. The number of aliphatic hydroxyl groups excluding tert-OH is 1. The van der Waals surface area contributed by atoms with Gasteiger partial charge in [-0.25, -0.2) is 4.79 Å². The molecule has 1 amide bonds. The van der Waals surface area contributed by atoms with Crippen molar-refractivity contribution in [2.75, 3.05) is 12.4 Å². The summed E-state index contributed by atoms with van der Waals surface area (Å²) in [4.78, 5) is 11.9. The van der Waals surface area contributed by atoms with Gasteiger partial charge in [0, 0.05) is 24.3 Å². The van der Waals surface area contributed by atoms with Gasteiger partial charge in [-0.2, -0.15) is 4.68 Å². The van der Waals surface area contributed by atoms with Gasteiger partial charge in [0.05, 0.1) is 24.5 Å². The number of thioether (sulfide) groups is 1. The fourth-order valence-electron chi connectivity index (χ4n) is 5.30. The summed E-state index contributed by atoms with van der Waals surface area (Å²) < 4.78 is 19.8. The highest BCUT2D eigenvalue weighted by atomic mass is 32.2. The summed E-state index contributed by atoms with van der Waals surface area (Å²) in [6.45, 7) is 4.00. The maximum atomic E-state index is 11.9. The van der Waals surface area contributed by atoms with E-state index in [0.29, 0.717) is 23.9 Å². The Morgan fingerprint density at radius 1 is 0.979 bits per heavy atom. The molecule has 0 spiro atoms. The fraction of sp³-hybridized carbons (Fsp3) is 0.222. The van der Waals surface area contributed by atoms with E-state index < -0.39 is 12.4 Å². The van der Waals surface area contributed by atoms with Crippen molar-refractivity contribution < 1.29 is 29.2 Å². The Bertz CT molecular complexity index is 1830. The standard InChI is InChI=1S/C36H35N5O6S/c1-2-17-45-36(44)37-21-25-5-3-6-27(18-25)28-7-4-8-29(19-28)34-46-32(20-33(47-34)26-11-9-24(22-42)10-12-26)23-48-35-38-39-40-41(35)30-13-15-31(43)16-14-30/h2-16,18-19,32-34,42-43H,1,17,20-23H2,(H,37,44). The third kappa shape index (κ3) is 8.28. The number of nitrogens with one attached hydrogen (secondary N) is 1. The molecule has 12 heteroatoms. The van der Waals surface area contributed by atoms with Crippen LogP contribution in [0.1, 0.15) is 41.1 Å². The van der Waals surface area contributed by atoms with Crippen LogP contribution in [0.5, 0.6) is 5.75 Å². The predicted octanol–water partition coefficient (Wildman–Crippen LogP) is 6.28. The molecule has 48 heavy (non-hydrogen) atoms. The molecular formula is C36H35N5O6S. The molecule has 11 nitrogen and oxygen atoms in total. The Kier molecular flexibility index (Phi) is 10.8. The number of ether oxygens (including phenoxy) is 3. The number of phenolic OH excluding ortho intramolecular Hbond substituents is 1. The van der Waals surface area contributed by atoms with Gasteiger partial charge in [-0.15, -0.1) is 5.10 Å². The quantitative estimate of drug-likeness (QED) is 0.103. The lowest BCUT2D eigenvalue weighted by molar-refractivity contribution is -0.245. The number of carbonyl (C=O) groups is 1. The van der Waals surface area contributed by atoms with Crippen molar-refractivity contribution in [1.29, 1.82) is 0 Å². The molecule has 1 fully saturated rings. The lowest BCUT2D eigenvalue weighted by Crippen LogP contribution is -2.31. The lowest BCUT2D eigenvalue weighted by Gasteiger charge is -2.36. The molecule has 0 saturated carbocycles. The first-order chi connectivity index (χ1) is 23.5. The summed E-state index contributed by atoms with van der Waals surface area (Å²) in [6.07, 6.45) is 0.511. The Morgan fingerprint density at radius 3 is 2.52 bits per heavy atom. The first kappa shape index (κ1) is 32.9. The maximum absolute atomic E-state index is 11.9. The third-order valence-electron chi connectivity index (χ3n) is 7.74. The van der Waals surface area contributed by atoms with Crippen molar-refractivity contribution in [3.63, 3.8) is 0 Å². The second-order valence-electron chi connectivity index (χ2n) is 11.1. The molecule has 5 aromatic rings. The summed E-state index contributed by atoms with van der Waals surface area (Å²) in [7, 11) is 0. The second kappa shape index (κ2) is 15.7. The maximum Gasteiger partial charge on any atom is 0.407 e. The van der Waals surface area contributed by atoms with Crippen molar-refractivity contribution >= 4 is 17.9 Å². The minimum Gasteiger partial charge on any atom is -0.508 e. The first-order valence-electron chi connectivity index (χ1n) is 15.4. The number of phenols is 1. The zero-order valence-electron chi connectivity index (χ0n) is 26.0. The van der Waals surface area contributed by atoms with E-state index in [9.17, 15) is 15.0 Å². The molecule has 3 atom stereocenters. The SMILES string of the molecule is C=CCOC(=O)NCc1cccc(-c2cccc(C3OC(CSc4nnnn4-c4ccc(O)cc4)CC(c4ccc(CO)cc4)O3)c2)c1. The molecular weight excluding hydrogens is 630 g/mol. The van der Waals surface area contributed by atoms with Crippen LogP contribution < -0.4 is 5.32 Å². The third-order valence-corrected chi connectivity index (χ3v) is 8.79. The topological polar surface area (TPSA) is 141 Å². The number of tetrazole rings is 1. The Hall–Kier alpha value is -5.01. The highest BCUT2D eigenvalue weighted by molar-refractivity contribution is 7.99. The molecule has 1 aliphatic rings. The van der Waals surface area contributed by atoms with Gasteiger partial charge < -0.3 is 29.7 Å². The number of benzene rings is 4. The van der Waals surface area contributed by atoms with Crippen molar-refractivity contribution in [1.82, 2.24) is 25.5 Å². The number of nitrogens with zero attached hydrogens (tertiary/aromatic N) is 4. The van der Waals surface area contributed by atoms with E-state index in [-0.39, 0.29) is 31.2 Å². The van der Waals surface area contributed by atoms with Gasteiger partial charge in [-0.3, -0.25) is 0 Å². The first-order valence-corrected chi connectivity index (χ1v) is 16.4. The van der Waals surface area contributed by atoms with Gasteiger partial charge in [0.2, 0.25) is 5.16 Å². The van der Waals surface area contributed by atoms with Gasteiger partial charge in [-0.1, -0.05) is 85.1 Å². The number of rotatable bonds is 12.